The maximum absolute atomic E-state index is 11.8. The van der Waals surface area contributed by atoms with Crippen molar-refractivity contribution in [1.82, 2.24) is 10.6 Å². The van der Waals surface area contributed by atoms with Gasteiger partial charge in [-0.15, -0.1) is 0 Å². The summed E-state index contributed by atoms with van der Waals surface area (Å²) in [6.07, 6.45) is 1.79. The normalized spacial score (nSPS) is 25.3. The van der Waals surface area contributed by atoms with Crippen molar-refractivity contribution in [2.24, 2.45) is 0 Å². The molecule has 116 valence electrons. The number of carbonyl (C=O) groups is 2. The first-order chi connectivity index (χ1) is 10.0. The monoisotopic (exact) mass is 296 g/mol. The molecule has 0 spiro atoms. The summed E-state index contributed by atoms with van der Waals surface area (Å²) in [5.74, 6) is 0.349. The lowest BCUT2D eigenvalue weighted by Crippen LogP contribution is -3.16. The van der Waals surface area contributed by atoms with Gasteiger partial charge in [-0.1, -0.05) is 0 Å². The van der Waals surface area contributed by atoms with Gasteiger partial charge >= 0.3 is 6.03 Å². The summed E-state index contributed by atoms with van der Waals surface area (Å²) in [4.78, 5) is 24.6. The summed E-state index contributed by atoms with van der Waals surface area (Å²) < 4.78 is 10.7. The molecule has 1 aliphatic rings. The average Bonchev–Trinajstić information content (AvgIpc) is 2.87. The quantitative estimate of drug-likeness (QED) is 0.686. The highest BCUT2D eigenvalue weighted by molar-refractivity contribution is 5.94. The van der Waals surface area contributed by atoms with Crippen LogP contribution < -0.4 is 15.5 Å². The Morgan fingerprint density at radius 1 is 1.33 bits per heavy atom. The van der Waals surface area contributed by atoms with Crippen molar-refractivity contribution in [2.45, 2.75) is 32.6 Å². The highest BCUT2D eigenvalue weighted by Crippen LogP contribution is 1.98. The van der Waals surface area contributed by atoms with E-state index in [0.29, 0.717) is 5.76 Å². The number of morpholine rings is 1. The summed E-state index contributed by atoms with van der Waals surface area (Å²) in [7, 11) is 0. The van der Waals surface area contributed by atoms with E-state index < -0.39 is 6.03 Å². The third kappa shape index (κ3) is 5.20. The first-order valence-corrected chi connectivity index (χ1v) is 7.12. The van der Waals surface area contributed by atoms with E-state index in [0.717, 1.165) is 18.0 Å². The molecule has 0 saturated carbocycles. The smallest absolute Gasteiger partial charge is 0.321 e. The Labute approximate surface area is 123 Å². The number of carbonyl (C=O) groups excluding carboxylic acids is 2. The summed E-state index contributed by atoms with van der Waals surface area (Å²) in [5.41, 5.74) is 0. The molecule has 1 saturated heterocycles. The number of nitrogens with one attached hydrogen (secondary N) is 3. The molecule has 2 heterocycles. The number of urea groups is 1. The van der Waals surface area contributed by atoms with E-state index in [1.807, 2.05) is 13.8 Å². The van der Waals surface area contributed by atoms with Crippen molar-refractivity contribution in [3.8, 4) is 0 Å². The summed E-state index contributed by atoms with van der Waals surface area (Å²) in [6, 6.07) is 2.98. The lowest BCUT2D eigenvalue weighted by Gasteiger charge is -2.31. The van der Waals surface area contributed by atoms with Gasteiger partial charge in [-0.3, -0.25) is 10.1 Å². The fourth-order valence-electron chi connectivity index (χ4n) is 2.56. The number of quaternary nitrogens is 1. The van der Waals surface area contributed by atoms with Gasteiger partial charge in [0.25, 0.3) is 5.91 Å². The molecule has 0 bridgehead atoms. The van der Waals surface area contributed by atoms with Crippen LogP contribution >= 0.6 is 0 Å². The van der Waals surface area contributed by atoms with Gasteiger partial charge in [-0.2, -0.15) is 0 Å². The molecule has 2 rings (SSSR count). The zero-order chi connectivity index (χ0) is 15.2. The Morgan fingerprint density at radius 2 is 2.05 bits per heavy atom. The second kappa shape index (κ2) is 7.24. The molecule has 1 aromatic rings. The van der Waals surface area contributed by atoms with Crippen LogP contribution in [0.15, 0.2) is 22.8 Å². The highest BCUT2D eigenvalue weighted by Gasteiger charge is 2.27. The molecule has 1 aliphatic heterocycles. The van der Waals surface area contributed by atoms with E-state index in [1.165, 1.54) is 6.26 Å². The fourth-order valence-corrected chi connectivity index (χ4v) is 2.56. The van der Waals surface area contributed by atoms with Crippen molar-refractivity contribution >= 4 is 11.9 Å². The van der Waals surface area contributed by atoms with Crippen LogP contribution in [-0.4, -0.2) is 43.8 Å². The minimum Gasteiger partial charge on any atom is -0.467 e. The average molecular weight is 296 g/mol. The van der Waals surface area contributed by atoms with Crippen LogP contribution in [0.1, 0.15) is 19.6 Å². The molecule has 0 aliphatic carbocycles. The number of hydrogen-bond donors (Lipinski definition) is 3. The second-order valence-corrected chi connectivity index (χ2v) is 5.40. The SMILES string of the molecule is C[C@H]1C[NH+](CC(=O)NC(=O)NCc2ccco2)C[C@H](C)O1. The molecular weight excluding hydrogens is 274 g/mol. The molecule has 7 nitrogen and oxygen atoms in total. The molecule has 0 radical (unpaired) electrons. The first-order valence-electron chi connectivity index (χ1n) is 7.12. The standard InChI is InChI=1S/C14H21N3O4/c1-10-7-17(8-11(2)21-10)9-13(18)16-14(19)15-6-12-4-3-5-20-12/h3-5,10-11H,6-9H2,1-2H3,(H2,15,16,18,19)/p+1/t10-,11-/m0/s1. The van der Waals surface area contributed by atoms with E-state index in [4.69, 9.17) is 9.15 Å². The van der Waals surface area contributed by atoms with Crippen molar-refractivity contribution in [3.05, 3.63) is 24.2 Å². The van der Waals surface area contributed by atoms with Crippen molar-refractivity contribution in [1.29, 1.82) is 0 Å². The van der Waals surface area contributed by atoms with E-state index in [2.05, 4.69) is 10.6 Å². The van der Waals surface area contributed by atoms with Crippen LogP contribution in [0.5, 0.6) is 0 Å². The maximum Gasteiger partial charge on any atom is 0.321 e. The number of imide groups is 1. The largest absolute Gasteiger partial charge is 0.467 e. The predicted octanol–water partition coefficient (Wildman–Crippen LogP) is -0.702. The minimum atomic E-state index is -0.509. The van der Waals surface area contributed by atoms with Gasteiger partial charge in [-0.25, -0.2) is 4.79 Å². The molecule has 2 atom stereocenters. The lowest BCUT2D eigenvalue weighted by atomic mass is 10.2. The van der Waals surface area contributed by atoms with Crippen LogP contribution in [0.25, 0.3) is 0 Å². The Hall–Kier alpha value is -1.86. The van der Waals surface area contributed by atoms with Crippen LogP contribution in [0.2, 0.25) is 0 Å². The lowest BCUT2D eigenvalue weighted by molar-refractivity contribution is -0.907. The number of hydrogen-bond acceptors (Lipinski definition) is 4. The van der Waals surface area contributed by atoms with Gasteiger partial charge in [0.2, 0.25) is 0 Å². The summed E-state index contributed by atoms with van der Waals surface area (Å²) in [6.45, 7) is 6.04. The van der Waals surface area contributed by atoms with Crippen LogP contribution in [-0.2, 0) is 16.1 Å². The van der Waals surface area contributed by atoms with Crippen LogP contribution in [0.4, 0.5) is 4.79 Å². The van der Waals surface area contributed by atoms with Crippen molar-refractivity contribution in [3.63, 3.8) is 0 Å². The van der Waals surface area contributed by atoms with E-state index in [-0.39, 0.29) is 31.2 Å². The molecule has 3 N–H and O–H groups in total. The van der Waals surface area contributed by atoms with Gasteiger partial charge < -0.3 is 19.4 Å². The van der Waals surface area contributed by atoms with Gasteiger partial charge in [0.15, 0.2) is 6.54 Å². The number of amides is 3. The summed E-state index contributed by atoms with van der Waals surface area (Å²) >= 11 is 0. The van der Waals surface area contributed by atoms with Gasteiger partial charge in [-0.05, 0) is 26.0 Å². The molecule has 0 unspecified atom stereocenters. The Morgan fingerprint density at radius 3 is 2.67 bits per heavy atom. The zero-order valence-corrected chi connectivity index (χ0v) is 12.3. The van der Waals surface area contributed by atoms with E-state index >= 15 is 0 Å². The van der Waals surface area contributed by atoms with Gasteiger partial charge in [0.1, 0.15) is 31.1 Å². The Kier molecular flexibility index (Phi) is 5.35. The number of rotatable bonds is 4. The predicted molar refractivity (Wildman–Crippen MR) is 74.7 cm³/mol. The maximum atomic E-state index is 11.8. The highest BCUT2D eigenvalue weighted by atomic mass is 16.5. The zero-order valence-electron chi connectivity index (χ0n) is 12.3. The Bertz CT molecular complexity index is 465. The molecule has 1 aromatic heterocycles. The first kappa shape index (κ1) is 15.5. The topological polar surface area (TPSA) is 85.0 Å². The number of ether oxygens (including phenoxy) is 1. The Balaban J connectivity index is 1.69. The number of furan rings is 1. The third-order valence-electron chi connectivity index (χ3n) is 3.28. The van der Waals surface area contributed by atoms with Gasteiger partial charge in [0.05, 0.1) is 12.8 Å². The third-order valence-corrected chi connectivity index (χ3v) is 3.28. The minimum absolute atomic E-state index is 0.129. The molecule has 7 heteroatoms. The molecular formula is C14H22N3O4+. The van der Waals surface area contributed by atoms with Crippen LogP contribution in [0.3, 0.4) is 0 Å². The summed E-state index contributed by atoms with van der Waals surface area (Å²) in [5, 5.41) is 4.90. The van der Waals surface area contributed by atoms with Gasteiger partial charge in [0, 0.05) is 0 Å². The van der Waals surface area contributed by atoms with Crippen molar-refractivity contribution in [2.75, 3.05) is 19.6 Å². The van der Waals surface area contributed by atoms with Crippen molar-refractivity contribution < 1.29 is 23.6 Å². The van der Waals surface area contributed by atoms with E-state index in [9.17, 15) is 9.59 Å². The van der Waals surface area contributed by atoms with Crippen LogP contribution in [0, 0.1) is 0 Å². The molecule has 21 heavy (non-hydrogen) atoms. The fraction of sp³-hybridized carbons (Fsp3) is 0.571. The second-order valence-electron chi connectivity index (χ2n) is 5.40. The molecule has 3 amide bonds. The van der Waals surface area contributed by atoms with E-state index in [1.54, 1.807) is 12.1 Å². The molecule has 0 aromatic carbocycles. The molecule has 1 fully saturated rings.